The minimum Gasteiger partial charge on any atom is -0.459 e. The molecule has 62 heavy (non-hydrogen) atoms. The van der Waals surface area contributed by atoms with E-state index in [-0.39, 0.29) is 41.2 Å². The van der Waals surface area contributed by atoms with Gasteiger partial charge in [-0.2, -0.15) is 4.98 Å². The Morgan fingerprint density at radius 2 is 1.53 bits per heavy atom. The van der Waals surface area contributed by atoms with Gasteiger partial charge in [-0.05, 0) is 58.2 Å². The van der Waals surface area contributed by atoms with Crippen molar-refractivity contribution in [3.63, 3.8) is 0 Å². The quantitative estimate of drug-likeness (QED) is 0.0334. The number of fused-ring (bicyclic) bond motifs is 1. The van der Waals surface area contributed by atoms with Crippen LogP contribution in [0.3, 0.4) is 0 Å². The number of imidazole rings is 1. The van der Waals surface area contributed by atoms with Crippen LogP contribution in [-0.4, -0.2) is 96.3 Å². The van der Waals surface area contributed by atoms with E-state index in [0.717, 1.165) is 28.5 Å². The van der Waals surface area contributed by atoms with Crippen LogP contribution in [0.25, 0.3) is 11.2 Å². The number of nitrogens with zero attached hydrogens (tertiary/aromatic N) is 3. The topological polar surface area (TPSA) is 239 Å². The summed E-state index contributed by atoms with van der Waals surface area (Å²) in [6.07, 6.45) is -3.06. The monoisotopic (exact) mass is 892 g/mol. The molecular weight excluding hydrogens is 840 g/mol. The van der Waals surface area contributed by atoms with E-state index in [2.05, 4.69) is 20.0 Å². The van der Waals surface area contributed by atoms with E-state index in [1.807, 2.05) is 91.0 Å². The first kappa shape index (κ1) is 46.7. The average Bonchev–Trinajstić information content (AvgIpc) is 3.75. The van der Waals surface area contributed by atoms with Gasteiger partial charge in [0.25, 0.3) is 5.56 Å². The highest BCUT2D eigenvalue weighted by Crippen LogP contribution is 2.47. The number of hydrogen-bond donors (Lipinski definition) is 5. The minimum absolute atomic E-state index is 0.0111. The van der Waals surface area contributed by atoms with Crippen LogP contribution in [0, 0.1) is 5.41 Å². The van der Waals surface area contributed by atoms with Crippen LogP contribution in [0.4, 0.5) is 5.95 Å². The van der Waals surface area contributed by atoms with Crippen LogP contribution >= 0.6 is 19.5 Å². The minimum atomic E-state index is -4.40. The first-order valence-electron chi connectivity index (χ1n) is 19.9. The van der Waals surface area contributed by atoms with Gasteiger partial charge >= 0.3 is 13.7 Å². The fourth-order valence-corrected chi connectivity index (χ4v) is 9.11. The van der Waals surface area contributed by atoms with Crippen molar-refractivity contribution in [2.45, 2.75) is 76.8 Å². The van der Waals surface area contributed by atoms with Crippen molar-refractivity contribution in [1.82, 2.24) is 24.6 Å². The summed E-state index contributed by atoms with van der Waals surface area (Å²) in [5.41, 5.74) is 2.81. The maximum atomic E-state index is 14.2. The third-order valence-corrected chi connectivity index (χ3v) is 12.8. The molecule has 0 amide bonds. The number of H-pyrrole nitrogens is 1. The van der Waals surface area contributed by atoms with Gasteiger partial charge in [0.1, 0.15) is 35.6 Å². The molecule has 0 saturated carbocycles. The van der Waals surface area contributed by atoms with Crippen LogP contribution in [-0.2, 0) is 43.0 Å². The smallest absolute Gasteiger partial charge is 0.406 e. The number of benzene rings is 3. The SMILES string of the molecule is CC(C)(C)OC(=O)CNP(=O)(OCCSC(=O)C(C)(C)COC(c1ccccc1)(c1ccccc1)c1ccccc1)OC[C@H]1O[C@@H](n2cnc3c(=O)[nH]c(N)nc32)[C@](C)(O)[C@@H]1O. The molecule has 5 aromatic rings. The van der Waals surface area contributed by atoms with E-state index >= 15 is 0 Å². The highest BCUT2D eigenvalue weighted by atomic mass is 32.2. The Bertz CT molecular complexity index is 2330. The first-order valence-corrected chi connectivity index (χ1v) is 22.4. The molecule has 6 rings (SSSR count). The van der Waals surface area contributed by atoms with E-state index in [1.54, 1.807) is 34.6 Å². The molecule has 1 aliphatic heterocycles. The predicted octanol–water partition coefficient (Wildman–Crippen LogP) is 5.08. The fraction of sp³-hybridized carbons (Fsp3) is 0.419. The molecule has 0 bridgehead atoms. The Balaban J connectivity index is 1.13. The molecule has 1 unspecified atom stereocenters. The van der Waals surface area contributed by atoms with Crippen molar-refractivity contribution < 1.29 is 47.6 Å². The summed E-state index contributed by atoms with van der Waals surface area (Å²) in [5.74, 6) is -0.917. The van der Waals surface area contributed by atoms with Gasteiger partial charge in [-0.1, -0.05) is 103 Å². The number of aliphatic hydroxyl groups is 2. The van der Waals surface area contributed by atoms with E-state index in [4.69, 9.17) is 29.0 Å². The van der Waals surface area contributed by atoms with Crippen molar-refractivity contribution in [1.29, 1.82) is 0 Å². The van der Waals surface area contributed by atoms with Crippen LogP contribution in [0.2, 0.25) is 0 Å². The second-order valence-electron chi connectivity index (χ2n) is 16.6. The van der Waals surface area contributed by atoms with E-state index in [9.17, 15) is 29.2 Å². The summed E-state index contributed by atoms with van der Waals surface area (Å²) >= 11 is 0.954. The molecule has 0 radical (unpaired) electrons. The number of rotatable bonds is 18. The summed E-state index contributed by atoms with van der Waals surface area (Å²) < 4.78 is 45.1. The van der Waals surface area contributed by atoms with E-state index in [1.165, 1.54) is 17.8 Å². The summed E-state index contributed by atoms with van der Waals surface area (Å²) in [4.78, 5) is 49.4. The molecule has 332 valence electrons. The van der Waals surface area contributed by atoms with Crippen LogP contribution in [0.5, 0.6) is 0 Å². The number of aromatic amines is 1. The summed E-state index contributed by atoms with van der Waals surface area (Å²) in [7, 11) is -4.40. The molecule has 19 heteroatoms. The second-order valence-corrected chi connectivity index (χ2v) is 19.5. The number of nitrogens with two attached hydrogens (primary N) is 1. The number of esters is 1. The predicted molar refractivity (Wildman–Crippen MR) is 233 cm³/mol. The molecule has 1 saturated heterocycles. The zero-order valence-electron chi connectivity index (χ0n) is 35.3. The highest BCUT2D eigenvalue weighted by molar-refractivity contribution is 8.13. The molecule has 2 aromatic heterocycles. The molecule has 5 atom stereocenters. The summed E-state index contributed by atoms with van der Waals surface area (Å²) in [6, 6.07) is 29.5. The Hall–Kier alpha value is -4.75. The lowest BCUT2D eigenvalue weighted by Crippen LogP contribution is -2.44. The van der Waals surface area contributed by atoms with Crippen LogP contribution in [0.15, 0.2) is 102 Å². The Kier molecular flexibility index (Phi) is 14.3. The molecule has 3 heterocycles. The molecule has 17 nitrogen and oxygen atoms in total. The number of thioether (sulfide) groups is 1. The lowest BCUT2D eigenvalue weighted by atomic mass is 9.79. The lowest BCUT2D eigenvalue weighted by molar-refractivity contribution is -0.153. The normalized spacial score (nSPS) is 20.5. The van der Waals surface area contributed by atoms with Gasteiger partial charge in [0.15, 0.2) is 22.5 Å². The molecule has 6 N–H and O–H groups in total. The highest BCUT2D eigenvalue weighted by Gasteiger charge is 2.54. The number of aliphatic hydroxyl groups excluding tert-OH is 1. The maximum Gasteiger partial charge on any atom is 0.406 e. The molecule has 1 fully saturated rings. The molecule has 0 spiro atoms. The van der Waals surface area contributed by atoms with Crippen molar-refractivity contribution in [3.8, 4) is 0 Å². The van der Waals surface area contributed by atoms with Gasteiger partial charge in [0.05, 0.1) is 31.6 Å². The number of carbonyl (C=O) groups is 2. The number of ether oxygens (including phenoxy) is 3. The van der Waals surface area contributed by atoms with Crippen molar-refractivity contribution in [3.05, 3.63) is 124 Å². The first-order chi connectivity index (χ1) is 29.3. The number of anilines is 1. The number of carbonyl (C=O) groups excluding carboxylic acids is 2. The average molecular weight is 893 g/mol. The molecule has 0 aliphatic carbocycles. The number of aromatic nitrogens is 4. The molecule has 3 aromatic carbocycles. The Labute approximate surface area is 363 Å². The van der Waals surface area contributed by atoms with E-state index in [0.29, 0.717) is 0 Å². The van der Waals surface area contributed by atoms with Crippen LogP contribution in [0.1, 0.15) is 64.5 Å². The third kappa shape index (κ3) is 10.5. The Morgan fingerprint density at radius 3 is 2.08 bits per heavy atom. The van der Waals surface area contributed by atoms with Crippen LogP contribution < -0.4 is 16.4 Å². The van der Waals surface area contributed by atoms with E-state index < -0.39 is 73.1 Å². The standard InChI is InChI=1S/C43H53N6O11PS/c1-40(2,3)60-32(50)24-46-61(55,58-25-31-34(51)42(6,54)37(59-31)49-27-45-33-35(49)47-39(44)48-36(33)52)57-22-23-62-38(53)41(4,5)26-56-43(28-16-10-7-11-17-28,29-18-12-8-13-19-29)30-20-14-9-15-21-30/h7-21,27,31,34,37,51,54H,22-26H2,1-6H3,(H,46,55)(H3,44,47,48,52)/t31-,34-,37-,42-,61?/m1/s1. The van der Waals surface area contributed by atoms with Gasteiger partial charge in [-0.3, -0.25) is 33.0 Å². The van der Waals surface area contributed by atoms with Gasteiger partial charge in [0, 0.05) is 5.75 Å². The largest absolute Gasteiger partial charge is 0.459 e. The van der Waals surface area contributed by atoms with Gasteiger partial charge in [-0.25, -0.2) is 14.6 Å². The molecular formula is C43H53N6O11PS. The zero-order chi connectivity index (χ0) is 44.9. The number of nitrogens with one attached hydrogen (secondary N) is 2. The zero-order valence-corrected chi connectivity index (χ0v) is 37.1. The van der Waals surface area contributed by atoms with Gasteiger partial charge < -0.3 is 30.2 Å². The van der Waals surface area contributed by atoms with Gasteiger partial charge in [-0.15, -0.1) is 0 Å². The lowest BCUT2D eigenvalue weighted by Gasteiger charge is -2.38. The Morgan fingerprint density at radius 1 is 0.968 bits per heavy atom. The van der Waals surface area contributed by atoms with Crippen molar-refractivity contribution in [2.75, 3.05) is 37.9 Å². The van der Waals surface area contributed by atoms with Crippen molar-refractivity contribution in [2.24, 2.45) is 5.41 Å². The molecule has 1 aliphatic rings. The second kappa shape index (κ2) is 18.9. The fourth-order valence-electron chi connectivity index (χ4n) is 6.93. The number of hydrogen-bond acceptors (Lipinski definition) is 15. The summed E-state index contributed by atoms with van der Waals surface area (Å²) in [6.45, 7) is 8.48. The number of nitrogen functional groups attached to an aromatic ring is 1. The van der Waals surface area contributed by atoms with Gasteiger partial charge in [0.2, 0.25) is 5.95 Å². The summed E-state index contributed by atoms with van der Waals surface area (Å²) in [5, 5.41) is 24.8. The van der Waals surface area contributed by atoms with Crippen molar-refractivity contribution >= 4 is 47.7 Å². The maximum absolute atomic E-state index is 14.2. The third-order valence-electron chi connectivity index (χ3n) is 10.0.